The molecule has 0 radical (unpaired) electrons. The first-order chi connectivity index (χ1) is 21.1. The number of anilines is 1. The number of tetrazole rings is 1. The van der Waals surface area contributed by atoms with Gasteiger partial charge in [0.1, 0.15) is 0 Å². The van der Waals surface area contributed by atoms with E-state index in [1.54, 1.807) is 7.05 Å². The standard InChI is InChI=1S/C32H37F6N5O2/c1-18-11-19(2)28-26(12-18)25(5-4-10-43(28)17-20-6-8-22(9-7-20)30(44)45)27(29-39-41-42(3)40-29)15-21-13-23(31(33,34)35)16-24(14-21)32(36,37)38/h11-14,16,20,22,25,27H,4-10,15,17H2,1-3H3,(H,44,45)/t20?,22?,25-,27?/m0/s1. The maximum Gasteiger partial charge on any atom is 0.416 e. The summed E-state index contributed by atoms with van der Waals surface area (Å²) in [5.74, 6) is -1.45. The number of benzene rings is 2. The van der Waals surface area contributed by atoms with Crippen LogP contribution in [0.5, 0.6) is 0 Å². The van der Waals surface area contributed by atoms with Gasteiger partial charge in [0.05, 0.1) is 24.1 Å². The van der Waals surface area contributed by atoms with Gasteiger partial charge in [-0.25, -0.2) is 0 Å². The van der Waals surface area contributed by atoms with Gasteiger partial charge in [-0.3, -0.25) is 4.79 Å². The second-order valence-corrected chi connectivity index (χ2v) is 12.6. The van der Waals surface area contributed by atoms with Crippen molar-refractivity contribution >= 4 is 11.7 Å². The van der Waals surface area contributed by atoms with Crippen molar-refractivity contribution in [3.05, 3.63) is 69.5 Å². The van der Waals surface area contributed by atoms with Gasteiger partial charge in [-0.15, -0.1) is 10.2 Å². The zero-order valence-electron chi connectivity index (χ0n) is 25.4. The van der Waals surface area contributed by atoms with E-state index in [0.717, 1.165) is 60.3 Å². The number of aliphatic carboxylic acids is 1. The molecule has 3 aromatic rings. The predicted octanol–water partition coefficient (Wildman–Crippen LogP) is 7.47. The number of aryl methyl sites for hydroxylation is 3. The molecule has 2 aliphatic rings. The number of fused-ring (bicyclic) bond motifs is 1. The van der Waals surface area contributed by atoms with Gasteiger partial charge >= 0.3 is 18.3 Å². The van der Waals surface area contributed by atoms with E-state index in [-0.39, 0.29) is 35.7 Å². The summed E-state index contributed by atoms with van der Waals surface area (Å²) in [5, 5.41) is 22.0. The molecule has 1 saturated carbocycles. The Morgan fingerprint density at radius 1 is 0.956 bits per heavy atom. The molecule has 13 heteroatoms. The summed E-state index contributed by atoms with van der Waals surface area (Å²) in [5.41, 5.74) is 1.19. The molecule has 1 aliphatic heterocycles. The lowest BCUT2D eigenvalue weighted by Crippen LogP contribution is -2.34. The SMILES string of the molecule is Cc1cc(C)c2c(c1)[C@@H](C(Cc1cc(C(F)(F)F)cc(C(F)(F)F)c1)c1nnn(C)n1)CCCN2CC1CCC(C(=O)O)CC1. The average molecular weight is 638 g/mol. The molecule has 1 unspecified atom stereocenters. The molecule has 1 aliphatic carbocycles. The molecule has 5 rings (SSSR count). The molecule has 2 heterocycles. The lowest BCUT2D eigenvalue weighted by molar-refractivity contribution is -0.144. The van der Waals surface area contributed by atoms with Gasteiger partial charge in [-0.05, 0) is 111 Å². The molecule has 7 nitrogen and oxygen atoms in total. The van der Waals surface area contributed by atoms with Crippen LogP contribution in [0.3, 0.4) is 0 Å². The summed E-state index contributed by atoms with van der Waals surface area (Å²) in [4.78, 5) is 15.1. The molecular weight excluding hydrogens is 600 g/mol. The molecule has 1 fully saturated rings. The Bertz CT molecular complexity index is 1490. The van der Waals surface area contributed by atoms with Crippen molar-refractivity contribution in [2.24, 2.45) is 18.9 Å². The molecule has 2 atom stereocenters. The fourth-order valence-corrected chi connectivity index (χ4v) is 7.23. The smallest absolute Gasteiger partial charge is 0.416 e. The van der Waals surface area contributed by atoms with E-state index in [0.29, 0.717) is 31.7 Å². The van der Waals surface area contributed by atoms with Crippen LogP contribution in [-0.2, 0) is 30.6 Å². The highest BCUT2D eigenvalue weighted by atomic mass is 19.4. The van der Waals surface area contributed by atoms with Crippen LogP contribution in [0.25, 0.3) is 0 Å². The summed E-state index contributed by atoms with van der Waals surface area (Å²) in [6.45, 7) is 5.44. The van der Waals surface area contributed by atoms with E-state index < -0.39 is 35.4 Å². The van der Waals surface area contributed by atoms with Crippen molar-refractivity contribution < 1.29 is 36.2 Å². The fourth-order valence-electron chi connectivity index (χ4n) is 7.23. The van der Waals surface area contributed by atoms with Crippen LogP contribution in [0.2, 0.25) is 0 Å². The highest BCUT2D eigenvalue weighted by molar-refractivity contribution is 5.70. The lowest BCUT2D eigenvalue weighted by atomic mass is 9.77. The number of halogens is 6. The van der Waals surface area contributed by atoms with Crippen LogP contribution in [0, 0.1) is 25.7 Å². The lowest BCUT2D eigenvalue weighted by Gasteiger charge is -2.35. The predicted molar refractivity (Wildman–Crippen MR) is 155 cm³/mol. The van der Waals surface area contributed by atoms with E-state index in [1.165, 1.54) is 4.80 Å². The first kappa shape index (κ1) is 32.7. The van der Waals surface area contributed by atoms with E-state index in [2.05, 4.69) is 32.4 Å². The first-order valence-electron chi connectivity index (χ1n) is 15.2. The van der Waals surface area contributed by atoms with Gasteiger partial charge in [0, 0.05) is 24.7 Å². The molecule has 0 saturated heterocycles. The van der Waals surface area contributed by atoms with E-state index in [9.17, 15) is 36.2 Å². The van der Waals surface area contributed by atoms with Crippen molar-refractivity contribution in [3.8, 4) is 0 Å². The van der Waals surface area contributed by atoms with Crippen LogP contribution in [0.1, 0.15) is 89.6 Å². The minimum absolute atomic E-state index is 0.100. The number of hydrogen-bond donors (Lipinski definition) is 1. The Balaban J connectivity index is 1.55. The number of carboxylic acids is 1. The molecule has 1 N–H and O–H groups in total. The zero-order valence-corrected chi connectivity index (χ0v) is 25.4. The Labute approximate surface area is 257 Å². The molecule has 244 valence electrons. The molecule has 0 bridgehead atoms. The monoisotopic (exact) mass is 637 g/mol. The van der Waals surface area contributed by atoms with Crippen LogP contribution in [-0.4, -0.2) is 44.4 Å². The summed E-state index contributed by atoms with van der Waals surface area (Å²) in [6.07, 6.45) is -5.83. The number of nitrogens with zero attached hydrogens (tertiary/aromatic N) is 5. The Morgan fingerprint density at radius 2 is 1.60 bits per heavy atom. The minimum Gasteiger partial charge on any atom is -0.481 e. The first-order valence-corrected chi connectivity index (χ1v) is 15.2. The van der Waals surface area contributed by atoms with Gasteiger partial charge in [-0.1, -0.05) is 17.7 Å². The van der Waals surface area contributed by atoms with Crippen LogP contribution in [0.15, 0.2) is 30.3 Å². The van der Waals surface area contributed by atoms with Gasteiger partial charge in [0.2, 0.25) is 0 Å². The Kier molecular flexibility index (Phi) is 9.19. The quantitative estimate of drug-likeness (QED) is 0.271. The molecule has 0 spiro atoms. The van der Waals surface area contributed by atoms with Crippen molar-refractivity contribution in [1.82, 2.24) is 20.2 Å². The van der Waals surface area contributed by atoms with E-state index in [1.807, 2.05) is 13.8 Å². The van der Waals surface area contributed by atoms with Gasteiger partial charge in [0.15, 0.2) is 5.82 Å². The summed E-state index contributed by atoms with van der Waals surface area (Å²) < 4.78 is 82.5. The van der Waals surface area contributed by atoms with Crippen molar-refractivity contribution in [2.75, 3.05) is 18.0 Å². The highest BCUT2D eigenvalue weighted by Crippen LogP contribution is 2.47. The number of carbonyl (C=O) groups is 1. The maximum absolute atomic E-state index is 13.8. The van der Waals surface area contributed by atoms with Crippen molar-refractivity contribution in [1.29, 1.82) is 0 Å². The zero-order chi connectivity index (χ0) is 32.7. The minimum atomic E-state index is -4.95. The molecule has 1 aromatic heterocycles. The van der Waals surface area contributed by atoms with Gasteiger partial charge in [0.25, 0.3) is 0 Å². The second kappa shape index (κ2) is 12.6. The number of hydrogen-bond acceptors (Lipinski definition) is 5. The third kappa shape index (κ3) is 7.44. The molecule has 45 heavy (non-hydrogen) atoms. The van der Waals surface area contributed by atoms with Crippen LogP contribution >= 0.6 is 0 Å². The average Bonchev–Trinajstić information content (AvgIpc) is 3.30. The number of alkyl halides is 6. The number of rotatable bonds is 7. The fraction of sp³-hybridized carbons (Fsp3) is 0.562. The normalized spacial score (nSPS) is 21.7. The van der Waals surface area contributed by atoms with E-state index >= 15 is 0 Å². The highest BCUT2D eigenvalue weighted by Gasteiger charge is 2.39. The van der Waals surface area contributed by atoms with Crippen molar-refractivity contribution in [2.45, 2.75) is 83.0 Å². The summed E-state index contributed by atoms with van der Waals surface area (Å²) >= 11 is 0. The number of aromatic nitrogens is 4. The third-order valence-electron chi connectivity index (χ3n) is 9.25. The summed E-state index contributed by atoms with van der Waals surface area (Å²) in [7, 11) is 1.57. The maximum atomic E-state index is 13.8. The Morgan fingerprint density at radius 3 is 2.16 bits per heavy atom. The van der Waals surface area contributed by atoms with Gasteiger partial charge < -0.3 is 10.0 Å². The Hall–Kier alpha value is -3.64. The molecular formula is C32H37F6N5O2. The van der Waals surface area contributed by atoms with Crippen molar-refractivity contribution in [3.63, 3.8) is 0 Å². The third-order valence-corrected chi connectivity index (χ3v) is 9.25. The number of carboxylic acid groups (broad SMARTS) is 1. The molecule has 2 aromatic carbocycles. The molecule has 0 amide bonds. The van der Waals surface area contributed by atoms with E-state index in [4.69, 9.17) is 0 Å². The topological polar surface area (TPSA) is 84.1 Å². The largest absolute Gasteiger partial charge is 0.481 e. The van der Waals surface area contributed by atoms with Gasteiger partial charge in [-0.2, -0.15) is 31.1 Å². The second-order valence-electron chi connectivity index (χ2n) is 12.6. The summed E-state index contributed by atoms with van der Waals surface area (Å²) in [6, 6.07) is 5.86. The van der Waals surface area contributed by atoms with Crippen LogP contribution in [0.4, 0.5) is 32.0 Å². The van der Waals surface area contributed by atoms with Crippen LogP contribution < -0.4 is 4.90 Å².